The molecule has 73 valence electrons. The van der Waals surface area contributed by atoms with E-state index in [1.807, 2.05) is 6.92 Å². The minimum Gasteiger partial charge on any atom is -0.379 e. The van der Waals surface area contributed by atoms with Crippen molar-refractivity contribution >= 4 is 0 Å². The summed E-state index contributed by atoms with van der Waals surface area (Å²) in [6.45, 7) is 7.11. The van der Waals surface area contributed by atoms with Gasteiger partial charge in [-0.25, -0.2) is 0 Å². The summed E-state index contributed by atoms with van der Waals surface area (Å²) < 4.78 is 15.3. The van der Waals surface area contributed by atoms with Gasteiger partial charge in [-0.3, -0.25) is 0 Å². The molecule has 0 spiro atoms. The average molecular weight is 176 g/mol. The summed E-state index contributed by atoms with van der Waals surface area (Å²) in [5.41, 5.74) is 5.10. The Kier molecular flexibility index (Phi) is 10.7. The van der Waals surface area contributed by atoms with Crippen LogP contribution < -0.4 is 5.73 Å². The summed E-state index contributed by atoms with van der Waals surface area (Å²) >= 11 is 0. The van der Waals surface area contributed by atoms with Gasteiger partial charge in [0, 0.05) is 13.2 Å². The topological polar surface area (TPSA) is 53.7 Å². The molecule has 0 aromatic rings. The highest BCUT2D eigenvalue weighted by Crippen LogP contribution is 1.80. The van der Waals surface area contributed by atoms with Crippen molar-refractivity contribution < 1.29 is 14.2 Å². The Labute approximate surface area is 74.0 Å². The molecule has 0 heterocycles. The Bertz CT molecular complexity index is 70.7. The highest BCUT2D eigenvalue weighted by molar-refractivity contribution is 4.47. The third kappa shape index (κ3) is 9.84. The Morgan fingerprint density at radius 3 is 2.17 bits per heavy atom. The van der Waals surface area contributed by atoms with Crippen molar-refractivity contribution in [3.63, 3.8) is 0 Å². The maximum atomic E-state index is 5.18. The van der Waals surface area contributed by atoms with E-state index in [1.54, 1.807) is 0 Å². The second-order valence-corrected chi connectivity index (χ2v) is 2.12. The molecular weight excluding hydrogens is 158 g/mol. The quantitative estimate of drug-likeness (QED) is 0.509. The van der Waals surface area contributed by atoms with Gasteiger partial charge >= 0.3 is 0 Å². The summed E-state index contributed by atoms with van der Waals surface area (Å²) in [7, 11) is 0. The Morgan fingerprint density at radius 1 is 1.00 bits per heavy atom. The zero-order valence-corrected chi connectivity index (χ0v) is 7.62. The Hall–Kier alpha value is -0.160. The molecule has 2 N–H and O–H groups in total. The third-order valence-electron chi connectivity index (χ3n) is 1.16. The number of nitrogens with two attached hydrogens (primary N) is 1. The smallest absolute Gasteiger partial charge is 0.0701 e. The lowest BCUT2D eigenvalue weighted by Gasteiger charge is -2.04. The van der Waals surface area contributed by atoms with E-state index < -0.39 is 0 Å². The fraction of sp³-hybridized carbons (Fsp3) is 0.875. The summed E-state index contributed by atoms with van der Waals surface area (Å²) in [6.07, 6.45) is 0. The van der Waals surface area contributed by atoms with E-state index in [0.29, 0.717) is 33.0 Å². The minimum absolute atomic E-state index is 0.481. The predicted molar refractivity (Wildman–Crippen MR) is 46.6 cm³/mol. The molecule has 0 saturated carbocycles. The van der Waals surface area contributed by atoms with Gasteiger partial charge in [0.05, 0.1) is 33.0 Å². The summed E-state index contributed by atoms with van der Waals surface area (Å²) in [5.74, 6) is 0. The highest BCUT2D eigenvalue weighted by Gasteiger charge is 1.88. The van der Waals surface area contributed by atoms with Gasteiger partial charge in [0.15, 0.2) is 0 Å². The van der Waals surface area contributed by atoms with Gasteiger partial charge < -0.3 is 19.9 Å². The lowest BCUT2D eigenvalue weighted by molar-refractivity contribution is 0.0207. The predicted octanol–water partition coefficient (Wildman–Crippen LogP) is 0.177. The maximum absolute atomic E-state index is 5.18. The van der Waals surface area contributed by atoms with E-state index in [-0.39, 0.29) is 0 Å². The first kappa shape index (κ1) is 11.8. The molecule has 0 aliphatic heterocycles. The van der Waals surface area contributed by atoms with Crippen LogP contribution >= 0.6 is 0 Å². The van der Waals surface area contributed by atoms with Gasteiger partial charge in [-0.05, 0) is 6.92 Å². The molecule has 0 unspecified atom stereocenters. The second-order valence-electron chi connectivity index (χ2n) is 2.12. The molecule has 0 aromatic heterocycles. The van der Waals surface area contributed by atoms with Crippen molar-refractivity contribution in [2.75, 3.05) is 39.6 Å². The van der Waals surface area contributed by atoms with Crippen LogP contribution in [-0.2, 0) is 14.2 Å². The zero-order valence-electron chi connectivity index (χ0n) is 7.62. The molecule has 0 aliphatic rings. The molecular formula is C8H18NO3. The summed E-state index contributed by atoms with van der Waals surface area (Å²) in [5, 5.41) is 0. The molecule has 0 saturated heterocycles. The molecule has 12 heavy (non-hydrogen) atoms. The number of hydrogen-bond acceptors (Lipinski definition) is 4. The number of hydrogen-bond donors (Lipinski definition) is 1. The first-order valence-electron chi connectivity index (χ1n) is 4.18. The van der Waals surface area contributed by atoms with Gasteiger partial charge in [-0.2, -0.15) is 0 Å². The van der Waals surface area contributed by atoms with Crippen molar-refractivity contribution in [3.05, 3.63) is 6.54 Å². The lowest BCUT2D eigenvalue weighted by atomic mass is 10.7. The molecule has 0 bridgehead atoms. The fourth-order valence-corrected chi connectivity index (χ4v) is 0.633. The van der Waals surface area contributed by atoms with Crippen molar-refractivity contribution in [1.29, 1.82) is 0 Å². The van der Waals surface area contributed by atoms with Crippen molar-refractivity contribution in [1.82, 2.24) is 0 Å². The van der Waals surface area contributed by atoms with Gasteiger partial charge in [-0.15, -0.1) is 0 Å². The first-order valence-corrected chi connectivity index (χ1v) is 4.18. The molecule has 0 rings (SSSR count). The van der Waals surface area contributed by atoms with E-state index in [0.717, 1.165) is 6.61 Å². The maximum Gasteiger partial charge on any atom is 0.0701 e. The fourth-order valence-electron chi connectivity index (χ4n) is 0.633. The van der Waals surface area contributed by atoms with Gasteiger partial charge in [0.2, 0.25) is 0 Å². The number of rotatable bonds is 9. The van der Waals surface area contributed by atoms with E-state index in [1.165, 1.54) is 6.54 Å². The van der Waals surface area contributed by atoms with Crippen LogP contribution in [0.15, 0.2) is 0 Å². The van der Waals surface area contributed by atoms with Gasteiger partial charge in [-0.1, -0.05) is 0 Å². The third-order valence-corrected chi connectivity index (χ3v) is 1.16. The Morgan fingerprint density at radius 2 is 1.58 bits per heavy atom. The largest absolute Gasteiger partial charge is 0.379 e. The second kappa shape index (κ2) is 10.8. The Balaban J connectivity index is 2.73. The van der Waals surface area contributed by atoms with Gasteiger partial charge in [0.1, 0.15) is 0 Å². The van der Waals surface area contributed by atoms with Crippen LogP contribution in [0.2, 0.25) is 0 Å². The van der Waals surface area contributed by atoms with Crippen LogP contribution in [0.1, 0.15) is 6.92 Å². The van der Waals surface area contributed by atoms with E-state index in [9.17, 15) is 0 Å². The van der Waals surface area contributed by atoms with Crippen LogP contribution in [0.3, 0.4) is 0 Å². The molecule has 0 amide bonds. The van der Waals surface area contributed by atoms with Gasteiger partial charge in [0.25, 0.3) is 0 Å². The monoisotopic (exact) mass is 176 g/mol. The van der Waals surface area contributed by atoms with Crippen molar-refractivity contribution in [2.45, 2.75) is 6.92 Å². The molecule has 0 aliphatic carbocycles. The average Bonchev–Trinajstić information content (AvgIpc) is 2.10. The zero-order chi connectivity index (χ0) is 9.07. The lowest BCUT2D eigenvalue weighted by Crippen LogP contribution is -2.11. The molecule has 4 heteroatoms. The summed E-state index contributed by atoms with van der Waals surface area (Å²) in [6, 6.07) is 0. The van der Waals surface area contributed by atoms with Crippen LogP contribution in [0.25, 0.3) is 0 Å². The molecule has 4 nitrogen and oxygen atoms in total. The molecule has 1 radical (unpaired) electrons. The minimum atomic E-state index is 0.481. The van der Waals surface area contributed by atoms with E-state index in [2.05, 4.69) is 0 Å². The molecule has 0 fully saturated rings. The standard InChI is InChI=1S/C8H18NO3/c1-2-10-5-6-12-8-7-11-4-3-9/h3H,2,4-9H2,1H3. The molecule has 0 atom stereocenters. The van der Waals surface area contributed by atoms with Crippen LogP contribution in [-0.4, -0.2) is 39.6 Å². The highest BCUT2D eigenvalue weighted by atomic mass is 16.5. The van der Waals surface area contributed by atoms with Crippen LogP contribution in [0.4, 0.5) is 0 Å². The molecule has 0 aromatic carbocycles. The van der Waals surface area contributed by atoms with Crippen LogP contribution in [0, 0.1) is 6.54 Å². The normalized spacial score (nSPS) is 10.5. The SMILES string of the molecule is CCOCCOCCOC[CH]N. The van der Waals surface area contributed by atoms with E-state index >= 15 is 0 Å². The number of ether oxygens (including phenoxy) is 3. The van der Waals surface area contributed by atoms with Crippen molar-refractivity contribution in [2.24, 2.45) is 5.73 Å². The first-order chi connectivity index (χ1) is 5.91. The summed E-state index contributed by atoms with van der Waals surface area (Å²) in [4.78, 5) is 0. The van der Waals surface area contributed by atoms with E-state index in [4.69, 9.17) is 19.9 Å². The van der Waals surface area contributed by atoms with Crippen LogP contribution in [0.5, 0.6) is 0 Å². The van der Waals surface area contributed by atoms with Crippen molar-refractivity contribution in [3.8, 4) is 0 Å².